The summed E-state index contributed by atoms with van der Waals surface area (Å²) in [7, 11) is -0.715. The second-order valence-corrected chi connectivity index (χ2v) is 8.31. The van der Waals surface area contributed by atoms with Crippen LogP contribution in [0.15, 0.2) is 35.2 Å². The van der Waals surface area contributed by atoms with Gasteiger partial charge in [-0.05, 0) is 25.1 Å². The van der Waals surface area contributed by atoms with Crippen LogP contribution in [0, 0.1) is 18.3 Å². The summed E-state index contributed by atoms with van der Waals surface area (Å²) in [6.45, 7) is 1.65. The molecule has 2 aromatic rings. The van der Waals surface area contributed by atoms with Gasteiger partial charge in [0.25, 0.3) is 5.91 Å². The van der Waals surface area contributed by atoms with E-state index in [2.05, 4.69) is 5.32 Å². The summed E-state index contributed by atoms with van der Waals surface area (Å²) in [4.78, 5) is 13.3. The fourth-order valence-electron chi connectivity index (χ4n) is 1.90. The van der Waals surface area contributed by atoms with E-state index in [-0.39, 0.29) is 9.77 Å². The van der Waals surface area contributed by atoms with Crippen molar-refractivity contribution in [1.82, 2.24) is 4.31 Å². The Morgan fingerprint density at radius 3 is 2.57 bits per heavy atom. The van der Waals surface area contributed by atoms with Crippen LogP contribution in [0.1, 0.15) is 20.1 Å². The molecule has 0 saturated heterocycles. The van der Waals surface area contributed by atoms with E-state index in [0.29, 0.717) is 16.1 Å². The van der Waals surface area contributed by atoms with E-state index >= 15 is 0 Å². The molecule has 120 valence electrons. The second kappa shape index (κ2) is 6.50. The van der Waals surface area contributed by atoms with Crippen LogP contribution in [0.5, 0.6) is 0 Å². The first-order valence-corrected chi connectivity index (χ1v) is 8.86. The molecule has 1 aromatic heterocycles. The van der Waals surface area contributed by atoms with E-state index in [1.54, 1.807) is 31.2 Å². The molecule has 0 unspecified atom stereocenters. The van der Waals surface area contributed by atoms with Crippen molar-refractivity contribution < 1.29 is 13.2 Å². The first kappa shape index (κ1) is 17.1. The smallest absolute Gasteiger partial charge is 0.265 e. The van der Waals surface area contributed by atoms with Gasteiger partial charge in [0.15, 0.2) is 0 Å². The summed E-state index contributed by atoms with van der Waals surface area (Å²) < 4.78 is 25.5. The van der Waals surface area contributed by atoms with E-state index in [4.69, 9.17) is 5.26 Å². The van der Waals surface area contributed by atoms with Crippen molar-refractivity contribution in [2.24, 2.45) is 0 Å². The van der Waals surface area contributed by atoms with Gasteiger partial charge in [-0.15, -0.1) is 11.3 Å². The van der Waals surface area contributed by atoms with Gasteiger partial charge >= 0.3 is 0 Å². The number of nitriles is 1. The number of benzene rings is 1. The van der Waals surface area contributed by atoms with Crippen LogP contribution >= 0.6 is 11.3 Å². The normalized spacial score (nSPS) is 11.3. The molecule has 1 aromatic carbocycles. The Hall–Kier alpha value is -2.21. The zero-order chi connectivity index (χ0) is 17.2. The lowest BCUT2D eigenvalue weighted by Crippen LogP contribution is -2.22. The molecule has 0 aliphatic rings. The highest BCUT2D eigenvalue weighted by atomic mass is 32.2. The molecule has 1 heterocycles. The molecule has 23 heavy (non-hydrogen) atoms. The summed E-state index contributed by atoms with van der Waals surface area (Å²) in [5.74, 6) is -0.444. The quantitative estimate of drug-likeness (QED) is 0.918. The van der Waals surface area contributed by atoms with Crippen molar-refractivity contribution in [1.29, 1.82) is 5.26 Å². The lowest BCUT2D eigenvalue weighted by molar-refractivity contribution is 0.103. The van der Waals surface area contributed by atoms with Gasteiger partial charge < -0.3 is 5.32 Å². The maximum Gasteiger partial charge on any atom is 0.265 e. The summed E-state index contributed by atoms with van der Waals surface area (Å²) in [5, 5.41) is 11.7. The van der Waals surface area contributed by atoms with Gasteiger partial charge in [0.2, 0.25) is 10.0 Å². The Morgan fingerprint density at radius 2 is 1.96 bits per heavy atom. The van der Waals surface area contributed by atoms with Crippen molar-refractivity contribution in [3.05, 3.63) is 45.6 Å². The monoisotopic (exact) mass is 349 g/mol. The van der Waals surface area contributed by atoms with Crippen LogP contribution in [-0.4, -0.2) is 32.7 Å². The van der Waals surface area contributed by atoms with Crippen LogP contribution < -0.4 is 5.32 Å². The first-order chi connectivity index (χ1) is 10.8. The Balaban J connectivity index is 2.34. The SMILES string of the molecule is Cc1sc(C(=O)Nc2ccccc2C#N)cc1S(=O)(=O)N(C)C. The molecular weight excluding hydrogens is 334 g/mol. The molecule has 0 spiro atoms. The third-order valence-corrected chi connectivity index (χ3v) is 6.27. The minimum absolute atomic E-state index is 0.117. The Bertz CT molecular complexity index is 893. The average molecular weight is 349 g/mol. The zero-order valence-electron chi connectivity index (χ0n) is 12.8. The third-order valence-electron chi connectivity index (χ3n) is 3.15. The number of hydrogen-bond donors (Lipinski definition) is 1. The number of anilines is 1. The van der Waals surface area contributed by atoms with Crippen LogP contribution in [0.2, 0.25) is 0 Å². The van der Waals surface area contributed by atoms with E-state index in [1.807, 2.05) is 6.07 Å². The van der Waals surface area contributed by atoms with Gasteiger partial charge in [-0.3, -0.25) is 4.79 Å². The Kier molecular flexibility index (Phi) is 4.85. The minimum atomic E-state index is -3.59. The third kappa shape index (κ3) is 3.42. The van der Waals surface area contributed by atoms with Gasteiger partial charge in [-0.25, -0.2) is 12.7 Å². The van der Waals surface area contributed by atoms with Crippen molar-refractivity contribution in [2.45, 2.75) is 11.8 Å². The number of nitrogens with one attached hydrogen (secondary N) is 1. The molecule has 0 fully saturated rings. The maximum absolute atomic E-state index is 12.3. The van der Waals surface area contributed by atoms with E-state index in [1.165, 1.54) is 20.2 Å². The van der Waals surface area contributed by atoms with Crippen LogP contribution in [0.25, 0.3) is 0 Å². The number of hydrogen-bond acceptors (Lipinski definition) is 5. The summed E-state index contributed by atoms with van der Waals surface area (Å²) in [6, 6.07) is 9.98. The molecule has 0 saturated carbocycles. The number of amides is 1. The number of para-hydroxylation sites is 1. The van der Waals surface area contributed by atoms with Gasteiger partial charge in [-0.1, -0.05) is 12.1 Å². The minimum Gasteiger partial charge on any atom is -0.320 e. The Labute approximate surface area is 139 Å². The molecule has 0 aliphatic heterocycles. The molecule has 6 nitrogen and oxygen atoms in total. The highest BCUT2D eigenvalue weighted by Crippen LogP contribution is 2.28. The topological polar surface area (TPSA) is 90.3 Å². The molecule has 0 aliphatic carbocycles. The maximum atomic E-state index is 12.3. The van der Waals surface area contributed by atoms with E-state index in [9.17, 15) is 13.2 Å². The van der Waals surface area contributed by atoms with E-state index in [0.717, 1.165) is 15.6 Å². The summed E-state index contributed by atoms with van der Waals surface area (Å²) >= 11 is 1.10. The summed E-state index contributed by atoms with van der Waals surface area (Å²) in [6.07, 6.45) is 0. The molecule has 0 radical (unpaired) electrons. The Morgan fingerprint density at radius 1 is 1.30 bits per heavy atom. The fourth-order valence-corrected chi connectivity index (χ4v) is 4.25. The number of carbonyl (C=O) groups is 1. The second-order valence-electron chi connectivity index (χ2n) is 4.93. The van der Waals surface area contributed by atoms with Gasteiger partial charge in [0.05, 0.1) is 21.0 Å². The first-order valence-electron chi connectivity index (χ1n) is 6.61. The summed E-state index contributed by atoms with van der Waals surface area (Å²) in [5.41, 5.74) is 0.735. The van der Waals surface area contributed by atoms with Gasteiger partial charge in [-0.2, -0.15) is 5.26 Å². The molecule has 0 bridgehead atoms. The number of nitrogens with zero attached hydrogens (tertiary/aromatic N) is 2. The molecule has 8 heteroatoms. The highest BCUT2D eigenvalue weighted by Gasteiger charge is 2.24. The zero-order valence-corrected chi connectivity index (χ0v) is 14.5. The van der Waals surface area contributed by atoms with Gasteiger partial charge in [0.1, 0.15) is 6.07 Å². The molecule has 2 rings (SSSR count). The number of aryl methyl sites for hydroxylation is 1. The lowest BCUT2D eigenvalue weighted by Gasteiger charge is -2.10. The predicted octanol–water partition coefficient (Wildman–Crippen LogP) is 2.43. The van der Waals surface area contributed by atoms with Crippen molar-refractivity contribution in [3.8, 4) is 6.07 Å². The number of carbonyl (C=O) groups excluding carboxylic acids is 1. The van der Waals surface area contributed by atoms with Gasteiger partial charge in [0, 0.05) is 19.0 Å². The lowest BCUT2D eigenvalue weighted by atomic mass is 10.2. The van der Waals surface area contributed by atoms with Crippen molar-refractivity contribution in [2.75, 3.05) is 19.4 Å². The molecule has 1 N–H and O–H groups in total. The van der Waals surface area contributed by atoms with Crippen LogP contribution in [-0.2, 0) is 10.0 Å². The van der Waals surface area contributed by atoms with Crippen LogP contribution in [0.4, 0.5) is 5.69 Å². The number of rotatable bonds is 4. The largest absolute Gasteiger partial charge is 0.320 e. The average Bonchev–Trinajstić information content (AvgIpc) is 2.90. The van der Waals surface area contributed by atoms with Crippen LogP contribution in [0.3, 0.4) is 0 Å². The van der Waals surface area contributed by atoms with Crippen molar-refractivity contribution in [3.63, 3.8) is 0 Å². The number of thiophene rings is 1. The molecule has 1 amide bonds. The number of sulfonamides is 1. The van der Waals surface area contributed by atoms with E-state index < -0.39 is 15.9 Å². The fraction of sp³-hybridized carbons (Fsp3) is 0.200. The molecular formula is C15H15N3O3S2. The highest BCUT2D eigenvalue weighted by molar-refractivity contribution is 7.89. The standard InChI is InChI=1S/C15H15N3O3S2/c1-10-14(23(20,21)18(2)3)8-13(22-10)15(19)17-12-7-5-4-6-11(12)9-16/h4-8H,1-3H3,(H,17,19). The van der Waals surface area contributed by atoms with Crippen molar-refractivity contribution >= 4 is 33.0 Å². The molecule has 0 atom stereocenters. The predicted molar refractivity (Wildman–Crippen MR) is 89.0 cm³/mol.